The summed E-state index contributed by atoms with van der Waals surface area (Å²) in [6.45, 7) is 6.57. The molecule has 2 aliphatic rings. The number of nitrogens with zero attached hydrogens (tertiary/aromatic N) is 2. The quantitative estimate of drug-likeness (QED) is 0.747. The van der Waals surface area contributed by atoms with E-state index in [0.717, 1.165) is 11.8 Å². The zero-order valence-corrected chi connectivity index (χ0v) is 13.4. The monoisotopic (exact) mass is 328 g/mol. The minimum Gasteiger partial charge on any atom is -0.444 e. The number of nitriles is 1. The van der Waals surface area contributed by atoms with Crippen LogP contribution in [-0.4, -0.2) is 35.0 Å². The lowest BCUT2D eigenvalue weighted by molar-refractivity contribution is -0.0229. The molecule has 1 heterocycles. The van der Waals surface area contributed by atoms with Gasteiger partial charge in [0.05, 0.1) is 11.5 Å². The number of carbonyl (C=O) groups excluding carboxylic acids is 1. The van der Waals surface area contributed by atoms with Crippen LogP contribution >= 0.6 is 15.9 Å². The minimum atomic E-state index is -0.477. The van der Waals surface area contributed by atoms with Crippen molar-refractivity contribution in [3.05, 3.63) is 0 Å². The fourth-order valence-electron chi connectivity index (χ4n) is 2.61. The molecule has 106 valence electrons. The average Bonchev–Trinajstić information content (AvgIpc) is 3.01. The van der Waals surface area contributed by atoms with Crippen molar-refractivity contribution < 1.29 is 9.53 Å². The number of halogens is 1. The van der Waals surface area contributed by atoms with Gasteiger partial charge in [0.15, 0.2) is 0 Å². The van der Waals surface area contributed by atoms with E-state index in [-0.39, 0.29) is 11.5 Å². The van der Waals surface area contributed by atoms with Crippen LogP contribution in [0.25, 0.3) is 0 Å². The van der Waals surface area contributed by atoms with Crippen LogP contribution in [0.5, 0.6) is 0 Å². The predicted octanol–water partition coefficient (Wildman–Crippen LogP) is 3.31. The van der Waals surface area contributed by atoms with Crippen LogP contribution in [0.2, 0.25) is 0 Å². The summed E-state index contributed by atoms with van der Waals surface area (Å²) in [5.41, 5.74) is -0.535. The highest BCUT2D eigenvalue weighted by Gasteiger charge is 2.55. The number of hydrogen-bond donors (Lipinski definition) is 0. The second-order valence-electron chi connectivity index (χ2n) is 7.04. The van der Waals surface area contributed by atoms with Gasteiger partial charge in [0.25, 0.3) is 0 Å². The molecule has 0 aromatic carbocycles. The zero-order chi connectivity index (χ0) is 14.3. The van der Waals surface area contributed by atoms with Crippen molar-refractivity contribution >= 4 is 22.0 Å². The van der Waals surface area contributed by atoms with Crippen LogP contribution in [0.15, 0.2) is 0 Å². The number of amides is 1. The van der Waals surface area contributed by atoms with Gasteiger partial charge in [-0.15, -0.1) is 0 Å². The minimum absolute atomic E-state index is 0.301. The number of likely N-dealkylation sites (tertiary alicyclic amines) is 1. The smallest absolute Gasteiger partial charge is 0.410 e. The molecule has 1 saturated heterocycles. The summed E-state index contributed by atoms with van der Waals surface area (Å²) in [5.74, 6) is 0. The molecular formula is C14H21BrN2O2. The van der Waals surface area contributed by atoms with Gasteiger partial charge in [-0.25, -0.2) is 4.79 Å². The fraction of sp³-hybridized carbons (Fsp3) is 0.857. The van der Waals surface area contributed by atoms with E-state index < -0.39 is 5.60 Å². The summed E-state index contributed by atoms with van der Waals surface area (Å²) < 4.78 is 5.32. The van der Waals surface area contributed by atoms with Crippen LogP contribution in [0.1, 0.15) is 40.0 Å². The highest BCUT2D eigenvalue weighted by Crippen LogP contribution is 2.56. The number of rotatable bonds is 3. The first-order valence-electron chi connectivity index (χ1n) is 6.68. The van der Waals surface area contributed by atoms with Gasteiger partial charge in [0, 0.05) is 18.4 Å². The molecule has 5 heteroatoms. The maximum atomic E-state index is 11.9. The molecule has 1 aliphatic carbocycles. The van der Waals surface area contributed by atoms with Crippen molar-refractivity contribution in [3.63, 3.8) is 0 Å². The first kappa shape index (κ1) is 14.6. The van der Waals surface area contributed by atoms with E-state index in [1.165, 1.54) is 12.8 Å². The van der Waals surface area contributed by atoms with Gasteiger partial charge in [0.1, 0.15) is 5.60 Å². The molecule has 0 aromatic rings. The average molecular weight is 329 g/mol. The van der Waals surface area contributed by atoms with Gasteiger partial charge in [0.2, 0.25) is 0 Å². The van der Waals surface area contributed by atoms with Gasteiger partial charge >= 0.3 is 6.09 Å². The van der Waals surface area contributed by atoms with Crippen molar-refractivity contribution in [3.8, 4) is 6.07 Å². The van der Waals surface area contributed by atoms with Crippen LogP contribution < -0.4 is 0 Å². The number of alkyl halides is 1. The van der Waals surface area contributed by atoms with Crippen LogP contribution in [0.3, 0.4) is 0 Å². The maximum Gasteiger partial charge on any atom is 0.410 e. The second kappa shape index (κ2) is 4.66. The third kappa shape index (κ3) is 3.22. The lowest BCUT2D eigenvalue weighted by atomic mass is 9.73. The molecule has 2 rings (SSSR count). The summed E-state index contributed by atoms with van der Waals surface area (Å²) in [4.78, 5) is 13.5. The lowest BCUT2D eigenvalue weighted by Gasteiger charge is -2.47. The third-order valence-corrected chi connectivity index (χ3v) is 5.02. The van der Waals surface area contributed by atoms with Crippen molar-refractivity contribution in [2.75, 3.05) is 18.4 Å². The van der Waals surface area contributed by atoms with E-state index in [9.17, 15) is 10.1 Å². The SMILES string of the molecule is CC(C)(C)OC(=O)N1CC(C#N)(CC2(CBr)CC2)C1. The summed E-state index contributed by atoms with van der Waals surface area (Å²) >= 11 is 3.54. The van der Waals surface area contributed by atoms with Crippen molar-refractivity contribution in [2.45, 2.75) is 45.6 Å². The molecular weight excluding hydrogens is 308 g/mol. The molecule has 1 amide bonds. The van der Waals surface area contributed by atoms with Gasteiger partial charge in [-0.3, -0.25) is 0 Å². The molecule has 0 atom stereocenters. The van der Waals surface area contributed by atoms with Crippen molar-refractivity contribution in [1.82, 2.24) is 4.90 Å². The molecule has 0 aromatic heterocycles. The molecule has 0 spiro atoms. The Balaban J connectivity index is 1.89. The van der Waals surface area contributed by atoms with E-state index in [2.05, 4.69) is 22.0 Å². The van der Waals surface area contributed by atoms with Crippen LogP contribution in [0.4, 0.5) is 4.79 Å². The summed E-state index contributed by atoms with van der Waals surface area (Å²) in [5, 5.41) is 10.4. The van der Waals surface area contributed by atoms with E-state index in [1.54, 1.807) is 4.90 Å². The Morgan fingerprint density at radius 1 is 1.42 bits per heavy atom. The molecule has 4 nitrogen and oxygen atoms in total. The largest absolute Gasteiger partial charge is 0.444 e. The Hall–Kier alpha value is -0.760. The first-order valence-corrected chi connectivity index (χ1v) is 7.81. The van der Waals surface area contributed by atoms with Crippen molar-refractivity contribution in [2.24, 2.45) is 10.8 Å². The molecule has 1 aliphatic heterocycles. The standard InChI is InChI=1S/C14H21BrN2O2/c1-12(2,3)19-11(18)17-9-14(8-16,10-17)6-13(7-15)4-5-13/h4-7,9-10H2,1-3H3. The molecule has 0 N–H and O–H groups in total. The first-order chi connectivity index (χ1) is 8.73. The number of ether oxygens (including phenoxy) is 1. The second-order valence-corrected chi connectivity index (χ2v) is 7.60. The normalized spacial score (nSPS) is 23.2. The summed E-state index contributed by atoms with van der Waals surface area (Å²) in [7, 11) is 0. The Bertz CT molecular complexity index is 412. The highest BCUT2D eigenvalue weighted by molar-refractivity contribution is 9.09. The van der Waals surface area contributed by atoms with Crippen LogP contribution in [0, 0.1) is 22.2 Å². The van der Waals surface area contributed by atoms with Crippen molar-refractivity contribution in [1.29, 1.82) is 5.26 Å². The van der Waals surface area contributed by atoms with E-state index >= 15 is 0 Å². The topological polar surface area (TPSA) is 53.3 Å². The summed E-state index contributed by atoms with van der Waals surface area (Å²) in [6.07, 6.45) is 2.96. The van der Waals surface area contributed by atoms with Gasteiger partial charge < -0.3 is 9.64 Å². The molecule has 19 heavy (non-hydrogen) atoms. The van der Waals surface area contributed by atoms with E-state index in [4.69, 9.17) is 4.74 Å². The van der Waals surface area contributed by atoms with Gasteiger partial charge in [-0.2, -0.15) is 5.26 Å². The lowest BCUT2D eigenvalue weighted by Crippen LogP contribution is -2.59. The van der Waals surface area contributed by atoms with Gasteiger partial charge in [-0.05, 0) is 45.4 Å². The zero-order valence-electron chi connectivity index (χ0n) is 11.8. The van der Waals surface area contributed by atoms with Crippen LogP contribution in [-0.2, 0) is 4.74 Å². The van der Waals surface area contributed by atoms with E-state index in [1.807, 2.05) is 20.8 Å². The maximum absolute atomic E-state index is 11.9. The number of carbonyl (C=O) groups is 1. The Morgan fingerprint density at radius 3 is 2.37 bits per heavy atom. The molecule has 0 radical (unpaired) electrons. The highest BCUT2D eigenvalue weighted by atomic mass is 79.9. The molecule has 2 fully saturated rings. The Kier molecular flexibility index (Phi) is 3.59. The predicted molar refractivity (Wildman–Crippen MR) is 75.9 cm³/mol. The Labute approximate surface area is 123 Å². The Morgan fingerprint density at radius 2 is 2.00 bits per heavy atom. The molecule has 1 saturated carbocycles. The van der Waals surface area contributed by atoms with Gasteiger partial charge in [-0.1, -0.05) is 15.9 Å². The fourth-order valence-corrected chi connectivity index (χ4v) is 3.37. The molecule has 0 bridgehead atoms. The third-order valence-electron chi connectivity index (χ3n) is 3.83. The molecule has 0 unspecified atom stereocenters. The number of hydrogen-bond acceptors (Lipinski definition) is 3. The van der Waals surface area contributed by atoms with E-state index in [0.29, 0.717) is 18.5 Å². The summed E-state index contributed by atoms with van der Waals surface area (Å²) in [6, 6.07) is 2.42.